The van der Waals surface area contributed by atoms with Crippen molar-refractivity contribution in [2.75, 3.05) is 11.4 Å². The van der Waals surface area contributed by atoms with Crippen molar-refractivity contribution in [1.82, 2.24) is 31.5 Å². The third kappa shape index (κ3) is 12.8. The van der Waals surface area contributed by atoms with E-state index in [1.807, 2.05) is 6.07 Å². The first-order chi connectivity index (χ1) is 39.2. The molecule has 4 aliphatic heterocycles. The van der Waals surface area contributed by atoms with Crippen LogP contribution in [0.5, 0.6) is 0 Å². The van der Waals surface area contributed by atoms with Gasteiger partial charge < -0.3 is 41.7 Å². The van der Waals surface area contributed by atoms with E-state index in [4.69, 9.17) is 5.73 Å². The van der Waals surface area contributed by atoms with Gasteiger partial charge in [0.15, 0.2) is 0 Å². The number of piperidine rings is 1. The molecule has 9 rings (SSSR count). The maximum Gasteiger partial charge on any atom is 0.399 e. The maximum absolute atomic E-state index is 14.6. The van der Waals surface area contributed by atoms with Crippen LogP contribution in [0.4, 0.5) is 14.5 Å². The van der Waals surface area contributed by atoms with Gasteiger partial charge in [-0.1, -0.05) is 91.8 Å². The fraction of sp³-hybridized carbons (Fsp3) is 0.362. The lowest BCUT2D eigenvalue weighted by Gasteiger charge is -2.29. The highest BCUT2D eigenvalue weighted by Gasteiger charge is 2.51. The Kier molecular flexibility index (Phi) is 17.8. The number of rotatable bonds is 21. The van der Waals surface area contributed by atoms with Gasteiger partial charge in [0.1, 0.15) is 30.2 Å². The average Bonchev–Trinajstić information content (AvgIpc) is 4.37. The Morgan fingerprint density at radius 3 is 2.35 bits per heavy atom. The molecule has 0 spiro atoms. The molecule has 20 nitrogen and oxygen atoms in total. The van der Waals surface area contributed by atoms with E-state index in [1.54, 1.807) is 60.7 Å². The van der Waals surface area contributed by atoms with Gasteiger partial charge in [-0.3, -0.25) is 57.9 Å². The topological polar surface area (TPSA) is 304 Å². The van der Waals surface area contributed by atoms with Gasteiger partial charge in [0, 0.05) is 60.2 Å². The number of anilines is 1. The van der Waals surface area contributed by atoms with Gasteiger partial charge in [-0.2, -0.15) is 8.78 Å². The fourth-order valence-corrected chi connectivity index (χ4v) is 12.2. The number of hydrogen-bond donors (Lipinski definition) is 8. The number of aryl methyl sites for hydroxylation is 1. The van der Waals surface area contributed by atoms with Crippen molar-refractivity contribution in [1.29, 1.82) is 0 Å². The van der Waals surface area contributed by atoms with Crippen LogP contribution in [0.1, 0.15) is 130 Å². The number of thiophene rings is 1. The third-order valence-corrected chi connectivity index (χ3v) is 17.1. The Balaban J connectivity index is 0.792. The molecular formula is C58H59F2N8O12PS. The van der Waals surface area contributed by atoms with Crippen LogP contribution in [0.15, 0.2) is 91.0 Å². The van der Waals surface area contributed by atoms with Crippen molar-refractivity contribution < 1.29 is 66.3 Å². The monoisotopic (exact) mass is 1160 g/mol. The zero-order valence-corrected chi connectivity index (χ0v) is 45.9. The number of carbonyl (C=O) groups is 9. The Hall–Kier alpha value is -8.16. The number of carbonyl (C=O) groups excluding carboxylic acids is 9. The van der Waals surface area contributed by atoms with Crippen molar-refractivity contribution in [3.63, 3.8) is 0 Å². The Bertz CT molecular complexity index is 3510. The minimum Gasteiger partial charge on any atom is -0.370 e. The van der Waals surface area contributed by atoms with Crippen LogP contribution in [0.25, 0.3) is 10.1 Å². The minimum absolute atomic E-state index is 0.0216. The van der Waals surface area contributed by atoms with Gasteiger partial charge >= 0.3 is 13.3 Å². The lowest BCUT2D eigenvalue weighted by atomic mass is 10.0. The summed E-state index contributed by atoms with van der Waals surface area (Å²) in [5, 5.41) is 13.5. The molecular weight excluding hydrogens is 1100 g/mol. The number of imide groups is 1. The van der Waals surface area contributed by atoms with Gasteiger partial charge in [0.2, 0.25) is 41.4 Å². The van der Waals surface area contributed by atoms with Crippen molar-refractivity contribution in [3.8, 4) is 11.8 Å². The number of fused-ring (bicyclic) bond motifs is 2. The summed E-state index contributed by atoms with van der Waals surface area (Å²) in [6, 6.07) is 17.6. The second kappa shape index (κ2) is 24.9. The summed E-state index contributed by atoms with van der Waals surface area (Å²) in [6.07, 6.45) is 4.87. The molecule has 428 valence electrons. The highest BCUT2D eigenvalue weighted by Crippen LogP contribution is 2.59. The molecule has 9 N–H and O–H groups in total. The first kappa shape index (κ1) is 58.5. The molecule has 0 radical (unpaired) electrons. The zero-order valence-electron chi connectivity index (χ0n) is 44.2. The molecule has 1 fully saturated rings. The second-order valence-corrected chi connectivity index (χ2v) is 23.4. The number of halogens is 2. The molecule has 82 heavy (non-hydrogen) atoms. The number of alkyl halides is 2. The molecule has 0 saturated carbocycles. The summed E-state index contributed by atoms with van der Waals surface area (Å²) >= 11 is 0.913. The predicted molar refractivity (Wildman–Crippen MR) is 297 cm³/mol. The van der Waals surface area contributed by atoms with Gasteiger partial charge in [0.25, 0.3) is 11.8 Å². The summed E-state index contributed by atoms with van der Waals surface area (Å²) in [7, 11) is -5.87. The summed E-state index contributed by atoms with van der Waals surface area (Å²) in [5.74, 6) is 1.10. The molecule has 0 aliphatic carbocycles. The molecule has 5 aromatic rings. The average molecular weight is 1160 g/mol. The Morgan fingerprint density at radius 1 is 0.854 bits per heavy atom. The normalized spacial score (nSPS) is 18.3. The van der Waals surface area contributed by atoms with Crippen molar-refractivity contribution >= 4 is 87.9 Å². The first-order valence-electron chi connectivity index (χ1n) is 26.9. The summed E-state index contributed by atoms with van der Waals surface area (Å²) < 4.78 is 41.0. The second-order valence-electron chi connectivity index (χ2n) is 20.6. The van der Waals surface area contributed by atoms with Crippen LogP contribution in [-0.2, 0) is 63.2 Å². The lowest BCUT2D eigenvalue weighted by molar-refractivity contribution is -0.137. The predicted octanol–water partition coefficient (Wildman–Crippen LogP) is 5.01. The number of para-hydroxylation sites is 1. The van der Waals surface area contributed by atoms with E-state index in [2.05, 4.69) is 38.4 Å². The summed E-state index contributed by atoms with van der Waals surface area (Å²) in [4.78, 5) is 142. The highest BCUT2D eigenvalue weighted by molar-refractivity contribution is 7.52. The molecule has 4 aromatic carbocycles. The molecule has 1 unspecified atom stereocenters. The molecule has 4 aliphatic rings. The number of nitrogens with one attached hydrogen (secondary N) is 5. The molecule has 5 atom stereocenters. The van der Waals surface area contributed by atoms with E-state index >= 15 is 0 Å². The fourth-order valence-electron chi connectivity index (χ4n) is 10.8. The number of hydrogen-bond acceptors (Lipinski definition) is 11. The summed E-state index contributed by atoms with van der Waals surface area (Å²) in [6.45, 7) is 0.526. The molecule has 0 bridgehead atoms. The number of benzene rings is 4. The van der Waals surface area contributed by atoms with E-state index in [0.29, 0.717) is 46.3 Å². The summed E-state index contributed by atoms with van der Waals surface area (Å²) in [5.41, 5.74) is 4.38. The van der Waals surface area contributed by atoms with Crippen LogP contribution in [0.2, 0.25) is 0 Å². The van der Waals surface area contributed by atoms with Crippen molar-refractivity contribution in [2.45, 2.75) is 126 Å². The van der Waals surface area contributed by atoms with Crippen LogP contribution < -0.4 is 37.2 Å². The Morgan fingerprint density at radius 2 is 1.60 bits per heavy atom. The molecule has 1 aromatic heterocycles. The smallest absolute Gasteiger partial charge is 0.370 e. The van der Waals surface area contributed by atoms with E-state index in [1.165, 1.54) is 21.9 Å². The number of nitrogens with two attached hydrogens (primary N) is 1. The van der Waals surface area contributed by atoms with Crippen LogP contribution in [0.3, 0.4) is 0 Å². The van der Waals surface area contributed by atoms with E-state index in [-0.39, 0.29) is 73.7 Å². The van der Waals surface area contributed by atoms with Crippen molar-refractivity contribution in [3.05, 3.63) is 135 Å². The molecule has 24 heteroatoms. The Labute approximate surface area is 473 Å². The van der Waals surface area contributed by atoms with E-state index in [9.17, 15) is 66.3 Å². The van der Waals surface area contributed by atoms with Gasteiger partial charge in [-0.15, -0.1) is 11.3 Å². The van der Waals surface area contributed by atoms with E-state index < -0.39 is 90.4 Å². The zero-order chi connectivity index (χ0) is 58.5. The lowest BCUT2D eigenvalue weighted by Crippen LogP contribution is -2.57. The molecule has 9 amide bonds. The van der Waals surface area contributed by atoms with Crippen LogP contribution >= 0.6 is 18.9 Å². The van der Waals surface area contributed by atoms with E-state index in [0.717, 1.165) is 65.8 Å². The maximum atomic E-state index is 14.6. The van der Waals surface area contributed by atoms with Crippen LogP contribution in [-0.4, -0.2) is 98.6 Å². The number of amides is 9. The largest absolute Gasteiger partial charge is 0.399 e. The number of primary amides is 1. The van der Waals surface area contributed by atoms with Gasteiger partial charge in [-0.25, -0.2) is 0 Å². The quantitative estimate of drug-likeness (QED) is 0.0208. The SMILES string of the molecule is NC(=O)CC[C@H](NC(=O)[C@@H]1Cc2cccc3c2N1C(=O)[C@@H](NC(=O)c1cc2cc(C(F)(F)P(=O)(O)O)ccc2s1)CC3)C(=O)N[C@@H](C(=O)NCCCCCCCC#Cc1cccc2c1CN(C1CCC(=O)NC1=O)C2=O)c1ccccc1. The van der Waals surface area contributed by atoms with Gasteiger partial charge in [-0.05, 0) is 96.5 Å². The third-order valence-electron chi connectivity index (χ3n) is 15.0. The minimum atomic E-state index is -5.87. The molecule has 1 saturated heterocycles. The van der Waals surface area contributed by atoms with Gasteiger partial charge in [0.05, 0.1) is 10.6 Å². The number of unbranched alkanes of at least 4 members (excludes halogenated alkanes) is 5. The van der Waals surface area contributed by atoms with Crippen LogP contribution in [0, 0.1) is 11.8 Å². The van der Waals surface area contributed by atoms with Crippen molar-refractivity contribution in [2.24, 2.45) is 5.73 Å². The standard InChI is InChI=1S/C58H59F2N8O12PS/c59-58(60,81(78,79)80)38-21-25-45-37(29-38)31-46(82-45)54(74)64-42-22-20-35-17-11-18-36-30-44(68(50(35)36)57(42)77)53(73)63-41(23-26-47(61)69)51(71)66-49(34-14-8-6-9-15-34)55(75)62-28-10-5-3-1-2-4-7-13-33-16-12-19-39-40(33)32-67(56(39)76)43-24-27-48(70)65-52(43)72/h6,8-9,11-12,14-19,21,25,29,31,41-44,49H,1-5,10,20,22-24,26-28,30,32H2,(H2,61,69)(H,62,75)(H,63,73)(H,64,74)(H,66,71)(H,65,70,72)(H2,78,79,80)/t41-,42-,43?,44-,49+/m0/s1. The highest BCUT2D eigenvalue weighted by atomic mass is 32.1. The molecule has 5 heterocycles. The first-order valence-corrected chi connectivity index (χ1v) is 29.3. The number of nitrogens with zero attached hydrogens (tertiary/aromatic N) is 2.